The van der Waals surface area contributed by atoms with Crippen molar-refractivity contribution < 1.29 is 19.7 Å². The van der Waals surface area contributed by atoms with Crippen molar-refractivity contribution in [3.8, 4) is 56.6 Å². The summed E-state index contributed by atoms with van der Waals surface area (Å²) in [6.07, 6.45) is 3.23. The number of aromatic hydroxyl groups is 2. The SMILES string of the molecule is Cc1cc(-c2ccccc2O[C@@H]2CCC[C@H](Oc3ccccc3-c3cc(C)cc(-n4c5ccccc5c5ccccc54)c3O)C2)c(O)c(-n2c3ccccc3c3ccccc32)c1. The van der Waals surface area contributed by atoms with Crippen molar-refractivity contribution in [3.05, 3.63) is 181 Å². The molecule has 62 heavy (non-hydrogen) atoms. The van der Waals surface area contributed by atoms with Crippen molar-refractivity contribution in [3.63, 3.8) is 0 Å². The first kappa shape index (κ1) is 37.6. The normalized spacial score (nSPS) is 15.5. The van der Waals surface area contributed by atoms with Crippen LogP contribution in [0.5, 0.6) is 23.0 Å². The molecule has 0 bridgehead atoms. The summed E-state index contributed by atoms with van der Waals surface area (Å²) in [4.78, 5) is 0. The average molecular weight is 811 g/mol. The summed E-state index contributed by atoms with van der Waals surface area (Å²) >= 11 is 0. The first-order chi connectivity index (χ1) is 30.4. The van der Waals surface area contributed by atoms with Gasteiger partial charge < -0.3 is 28.8 Å². The van der Waals surface area contributed by atoms with Crippen LogP contribution in [0.4, 0.5) is 0 Å². The number of benzene rings is 8. The molecule has 2 aromatic heterocycles. The topological polar surface area (TPSA) is 68.8 Å². The van der Waals surface area contributed by atoms with E-state index in [4.69, 9.17) is 9.47 Å². The molecular formula is C56H46N2O4. The molecule has 0 saturated heterocycles. The minimum absolute atomic E-state index is 0.0971. The van der Waals surface area contributed by atoms with Gasteiger partial charge in [0.25, 0.3) is 0 Å². The smallest absolute Gasteiger partial charge is 0.147 e. The molecule has 2 atom stereocenters. The van der Waals surface area contributed by atoms with Gasteiger partial charge in [-0.15, -0.1) is 0 Å². The molecule has 1 fully saturated rings. The van der Waals surface area contributed by atoms with Crippen LogP contribution in [0.3, 0.4) is 0 Å². The zero-order valence-electron chi connectivity index (χ0n) is 34.8. The van der Waals surface area contributed by atoms with Crippen LogP contribution >= 0.6 is 0 Å². The molecule has 1 saturated carbocycles. The summed E-state index contributed by atoms with van der Waals surface area (Å²) in [5, 5.41) is 29.0. The van der Waals surface area contributed by atoms with E-state index in [2.05, 4.69) is 108 Å². The van der Waals surface area contributed by atoms with Gasteiger partial charge in [-0.1, -0.05) is 109 Å². The number of rotatable bonds is 8. The van der Waals surface area contributed by atoms with Crippen LogP contribution in [0.25, 0.3) is 77.2 Å². The third kappa shape index (κ3) is 6.33. The lowest BCUT2D eigenvalue weighted by Crippen LogP contribution is -2.32. The standard InChI is InChI=1S/C56H46N2O4/c1-35-30-45(55(59)51(32-35)57-47-24-9-3-18-39(47)40-19-4-10-25-48(40)57)43-22-7-13-28-53(43)61-37-16-15-17-38(34-37)62-54-29-14-8-23-44(54)46-31-36(2)33-52(56(46)60)58-49-26-11-5-20-41(49)42-21-6-12-27-50(42)58/h3-14,18-33,37-38,59-60H,15-17,34H2,1-2H3/t37-,38+. The fourth-order valence-corrected chi connectivity index (χ4v) is 9.89. The van der Waals surface area contributed by atoms with Crippen molar-refractivity contribution in [2.75, 3.05) is 0 Å². The lowest BCUT2D eigenvalue weighted by Gasteiger charge is -2.31. The number of para-hydroxylation sites is 6. The second kappa shape index (κ2) is 15.2. The fraction of sp³-hybridized carbons (Fsp3) is 0.143. The molecule has 11 rings (SSSR count). The minimum Gasteiger partial charge on any atom is -0.505 e. The Balaban J connectivity index is 0.898. The average Bonchev–Trinajstić information content (AvgIpc) is 3.81. The van der Waals surface area contributed by atoms with Gasteiger partial charge in [0.1, 0.15) is 35.2 Å². The van der Waals surface area contributed by atoms with Gasteiger partial charge in [0, 0.05) is 50.2 Å². The number of hydrogen-bond donors (Lipinski definition) is 2. The Morgan fingerprint density at radius 3 is 1.15 bits per heavy atom. The van der Waals surface area contributed by atoms with E-state index in [9.17, 15) is 10.2 Å². The van der Waals surface area contributed by atoms with E-state index in [0.29, 0.717) is 6.42 Å². The first-order valence-electron chi connectivity index (χ1n) is 21.6. The van der Waals surface area contributed by atoms with E-state index in [0.717, 1.165) is 119 Å². The number of aromatic nitrogens is 2. The second-order valence-corrected chi connectivity index (χ2v) is 16.7. The lowest BCUT2D eigenvalue weighted by molar-refractivity contribution is 0.0686. The van der Waals surface area contributed by atoms with Gasteiger partial charge >= 0.3 is 0 Å². The van der Waals surface area contributed by atoms with Gasteiger partial charge in [0.15, 0.2) is 0 Å². The van der Waals surface area contributed by atoms with Gasteiger partial charge in [0.2, 0.25) is 0 Å². The Morgan fingerprint density at radius 2 is 0.758 bits per heavy atom. The lowest BCUT2D eigenvalue weighted by atomic mass is 9.94. The van der Waals surface area contributed by atoms with E-state index in [1.807, 2.05) is 84.9 Å². The van der Waals surface area contributed by atoms with E-state index < -0.39 is 0 Å². The number of nitrogens with zero attached hydrogens (tertiary/aromatic N) is 2. The number of fused-ring (bicyclic) bond motifs is 6. The van der Waals surface area contributed by atoms with Crippen LogP contribution in [0.1, 0.15) is 36.8 Å². The van der Waals surface area contributed by atoms with Crippen molar-refractivity contribution in [1.82, 2.24) is 9.13 Å². The number of phenolic OH excluding ortho intramolecular Hbond substituents is 2. The van der Waals surface area contributed by atoms with E-state index >= 15 is 0 Å². The molecule has 6 nitrogen and oxygen atoms in total. The van der Waals surface area contributed by atoms with Crippen LogP contribution in [-0.2, 0) is 0 Å². The maximum atomic E-state index is 12.2. The van der Waals surface area contributed by atoms with Crippen molar-refractivity contribution in [2.24, 2.45) is 0 Å². The summed E-state index contributed by atoms with van der Waals surface area (Å²) in [5.74, 6) is 1.88. The second-order valence-electron chi connectivity index (χ2n) is 16.7. The van der Waals surface area contributed by atoms with Gasteiger partial charge in [-0.3, -0.25) is 0 Å². The van der Waals surface area contributed by atoms with Gasteiger partial charge in [0.05, 0.1) is 33.4 Å². The van der Waals surface area contributed by atoms with Crippen molar-refractivity contribution >= 4 is 43.6 Å². The molecule has 2 N–H and O–H groups in total. The van der Waals surface area contributed by atoms with Crippen molar-refractivity contribution in [2.45, 2.75) is 51.7 Å². The number of phenols is 2. The first-order valence-corrected chi connectivity index (χ1v) is 21.6. The molecule has 0 spiro atoms. The molecule has 1 aliphatic carbocycles. The van der Waals surface area contributed by atoms with Crippen LogP contribution < -0.4 is 9.47 Å². The summed E-state index contributed by atoms with van der Waals surface area (Å²) < 4.78 is 18.2. The Kier molecular flexibility index (Phi) is 9.23. The summed E-state index contributed by atoms with van der Waals surface area (Å²) in [7, 11) is 0. The fourth-order valence-electron chi connectivity index (χ4n) is 9.89. The quantitative estimate of drug-likeness (QED) is 0.160. The monoisotopic (exact) mass is 810 g/mol. The predicted molar refractivity (Wildman–Crippen MR) is 253 cm³/mol. The van der Waals surface area contributed by atoms with Crippen LogP contribution in [-0.4, -0.2) is 31.6 Å². The minimum atomic E-state index is -0.0971. The summed E-state index contributed by atoms with van der Waals surface area (Å²) in [5.41, 5.74) is 10.9. The molecule has 10 aromatic rings. The van der Waals surface area contributed by atoms with E-state index in [1.165, 1.54) is 0 Å². The third-order valence-electron chi connectivity index (χ3n) is 12.6. The molecule has 2 heterocycles. The number of aryl methyl sites for hydroxylation is 2. The summed E-state index contributed by atoms with van der Waals surface area (Å²) in [6, 6.07) is 57.7. The Morgan fingerprint density at radius 1 is 0.419 bits per heavy atom. The number of ether oxygens (including phenoxy) is 2. The highest BCUT2D eigenvalue weighted by molar-refractivity contribution is 6.10. The molecular weight excluding hydrogens is 765 g/mol. The Bertz CT molecular complexity index is 3010. The van der Waals surface area contributed by atoms with Gasteiger partial charge in [-0.25, -0.2) is 0 Å². The maximum absolute atomic E-state index is 12.2. The van der Waals surface area contributed by atoms with E-state index in [-0.39, 0.29) is 23.7 Å². The Hall–Kier alpha value is -7.44. The van der Waals surface area contributed by atoms with Crippen LogP contribution in [0, 0.1) is 13.8 Å². The molecule has 0 radical (unpaired) electrons. The third-order valence-corrected chi connectivity index (χ3v) is 12.6. The predicted octanol–water partition coefficient (Wildman–Crippen LogP) is 14.0. The zero-order valence-corrected chi connectivity index (χ0v) is 34.8. The molecule has 6 heteroatoms. The Labute approximate surface area is 360 Å². The highest BCUT2D eigenvalue weighted by atomic mass is 16.5. The summed E-state index contributed by atoms with van der Waals surface area (Å²) in [6.45, 7) is 4.15. The largest absolute Gasteiger partial charge is 0.505 e. The molecule has 8 aromatic carbocycles. The molecule has 0 unspecified atom stereocenters. The molecule has 304 valence electrons. The highest BCUT2D eigenvalue weighted by Gasteiger charge is 2.28. The van der Waals surface area contributed by atoms with Gasteiger partial charge in [-0.2, -0.15) is 0 Å². The molecule has 0 aliphatic heterocycles. The maximum Gasteiger partial charge on any atom is 0.147 e. The zero-order chi connectivity index (χ0) is 41.9. The molecule has 1 aliphatic rings. The van der Waals surface area contributed by atoms with Crippen molar-refractivity contribution in [1.29, 1.82) is 0 Å². The highest BCUT2D eigenvalue weighted by Crippen LogP contribution is 2.46. The van der Waals surface area contributed by atoms with Crippen LogP contribution in [0.15, 0.2) is 170 Å². The van der Waals surface area contributed by atoms with Crippen LogP contribution in [0.2, 0.25) is 0 Å². The van der Waals surface area contributed by atoms with Gasteiger partial charge in [-0.05, 0) is 105 Å². The number of hydrogen-bond acceptors (Lipinski definition) is 4. The van der Waals surface area contributed by atoms with E-state index in [1.54, 1.807) is 0 Å². The molecule has 0 amide bonds.